The first-order chi connectivity index (χ1) is 7.02. The number of hydrogen-bond donors (Lipinski definition) is 2. The van der Waals surface area contributed by atoms with Crippen LogP contribution >= 0.6 is 11.8 Å². The van der Waals surface area contributed by atoms with Crippen molar-refractivity contribution in [2.75, 3.05) is 12.3 Å². The third kappa shape index (κ3) is 7.81. The second-order valence-corrected chi connectivity index (χ2v) is 6.06. The second-order valence-electron chi connectivity index (χ2n) is 4.26. The molecule has 0 aliphatic carbocycles. The molecule has 1 atom stereocenters. The van der Waals surface area contributed by atoms with Crippen molar-refractivity contribution in [1.29, 1.82) is 0 Å². The monoisotopic (exact) mass is 259 g/mol. The molecule has 0 spiro atoms. The molecule has 0 saturated heterocycles. The molecule has 1 unspecified atom stereocenters. The van der Waals surface area contributed by atoms with Crippen LogP contribution in [0.15, 0.2) is 0 Å². The first-order valence-electron chi connectivity index (χ1n) is 4.68. The van der Waals surface area contributed by atoms with Gasteiger partial charge in [-0.25, -0.2) is 0 Å². The first kappa shape index (κ1) is 15.6. The van der Waals surface area contributed by atoms with Crippen LogP contribution in [0.5, 0.6) is 0 Å². The van der Waals surface area contributed by atoms with Gasteiger partial charge in [0.15, 0.2) is 6.10 Å². The zero-order valence-electron chi connectivity index (χ0n) is 9.39. The van der Waals surface area contributed by atoms with E-state index in [2.05, 4.69) is 0 Å². The molecule has 96 valence electrons. The van der Waals surface area contributed by atoms with Gasteiger partial charge in [0.25, 0.3) is 0 Å². The summed E-state index contributed by atoms with van der Waals surface area (Å²) in [4.78, 5) is 11.1. The van der Waals surface area contributed by atoms with Gasteiger partial charge in [0.05, 0.1) is 12.3 Å². The van der Waals surface area contributed by atoms with Crippen molar-refractivity contribution >= 4 is 17.7 Å². The average Bonchev–Trinajstić information content (AvgIpc) is 2.08. The largest absolute Gasteiger partial charge is 0.416 e. The Kier molecular flexibility index (Phi) is 5.61. The number of nitrogens with one attached hydrogen (secondary N) is 1. The van der Waals surface area contributed by atoms with E-state index in [0.29, 0.717) is 0 Å². The van der Waals surface area contributed by atoms with Crippen LogP contribution in [0.2, 0.25) is 0 Å². The highest BCUT2D eigenvalue weighted by Gasteiger charge is 2.38. The molecular formula is C9H16F3NO2S. The Morgan fingerprint density at radius 3 is 2.25 bits per heavy atom. The molecule has 0 aromatic carbocycles. The minimum absolute atomic E-state index is 0.0775. The lowest BCUT2D eigenvalue weighted by molar-refractivity contribution is -0.201. The highest BCUT2D eigenvalue weighted by molar-refractivity contribution is 8.01. The maximum absolute atomic E-state index is 11.9. The highest BCUT2D eigenvalue weighted by atomic mass is 32.2. The molecule has 16 heavy (non-hydrogen) atoms. The normalized spacial score (nSPS) is 14.7. The van der Waals surface area contributed by atoms with Crippen LogP contribution < -0.4 is 5.32 Å². The third-order valence-corrected chi connectivity index (χ3v) is 2.78. The summed E-state index contributed by atoms with van der Waals surface area (Å²) >= 11 is 1.33. The van der Waals surface area contributed by atoms with Crippen LogP contribution in [0, 0.1) is 0 Å². The Bertz CT molecular complexity index is 238. The Hall–Kier alpha value is -0.430. The summed E-state index contributed by atoms with van der Waals surface area (Å²) in [5.41, 5.74) is 0. The van der Waals surface area contributed by atoms with Gasteiger partial charge >= 0.3 is 6.18 Å². The number of alkyl halides is 3. The first-order valence-corrected chi connectivity index (χ1v) is 5.66. The smallest absolute Gasteiger partial charge is 0.382 e. The molecule has 0 aliphatic rings. The number of hydrogen-bond acceptors (Lipinski definition) is 3. The molecule has 7 heteroatoms. The molecule has 3 nitrogen and oxygen atoms in total. The molecule has 2 N–H and O–H groups in total. The van der Waals surface area contributed by atoms with Gasteiger partial charge in [0.1, 0.15) is 0 Å². The highest BCUT2D eigenvalue weighted by Crippen LogP contribution is 2.22. The minimum atomic E-state index is -4.69. The molecule has 0 aliphatic heterocycles. The standard InChI is InChI=1S/C9H16F3NO2S/c1-8(2,3)16-5-7(15)13-4-6(14)9(10,11)12/h6,14H,4-5H2,1-3H3,(H,13,15). The average molecular weight is 259 g/mol. The Balaban J connectivity index is 3.83. The number of aliphatic hydroxyl groups excluding tert-OH is 1. The van der Waals surface area contributed by atoms with Crippen molar-refractivity contribution in [2.45, 2.75) is 37.8 Å². The molecule has 0 bridgehead atoms. The Morgan fingerprint density at radius 1 is 1.38 bits per heavy atom. The fourth-order valence-corrected chi connectivity index (χ4v) is 1.33. The fourth-order valence-electron chi connectivity index (χ4n) is 0.659. The van der Waals surface area contributed by atoms with Gasteiger partial charge in [-0.15, -0.1) is 11.8 Å². The van der Waals surface area contributed by atoms with Crippen molar-refractivity contribution in [1.82, 2.24) is 5.32 Å². The number of amides is 1. The maximum atomic E-state index is 11.9. The van der Waals surface area contributed by atoms with Crippen molar-refractivity contribution < 1.29 is 23.1 Å². The molecule has 0 aromatic rings. The van der Waals surface area contributed by atoms with Crippen LogP contribution in [0.4, 0.5) is 13.2 Å². The quantitative estimate of drug-likeness (QED) is 0.805. The van der Waals surface area contributed by atoms with Crippen LogP contribution in [0.25, 0.3) is 0 Å². The van der Waals surface area contributed by atoms with Crippen molar-refractivity contribution in [3.05, 3.63) is 0 Å². The molecule has 0 radical (unpaired) electrons. The van der Waals surface area contributed by atoms with Gasteiger partial charge in [-0.3, -0.25) is 4.79 Å². The lowest BCUT2D eigenvalue weighted by Crippen LogP contribution is -2.41. The number of rotatable bonds is 4. The van der Waals surface area contributed by atoms with Gasteiger partial charge in [-0.1, -0.05) is 20.8 Å². The molecule has 1 amide bonds. The molecule has 0 aromatic heterocycles. The zero-order chi connectivity index (χ0) is 13.0. The minimum Gasteiger partial charge on any atom is -0.382 e. The molecular weight excluding hydrogens is 243 g/mol. The van der Waals surface area contributed by atoms with E-state index < -0.39 is 24.7 Å². The van der Waals surface area contributed by atoms with E-state index in [-0.39, 0.29) is 10.5 Å². The molecule has 0 heterocycles. The lowest BCUT2D eigenvalue weighted by atomic mass is 10.3. The van der Waals surface area contributed by atoms with E-state index in [4.69, 9.17) is 5.11 Å². The Morgan fingerprint density at radius 2 is 1.88 bits per heavy atom. The van der Waals surface area contributed by atoms with E-state index in [1.54, 1.807) is 0 Å². The number of carbonyl (C=O) groups is 1. The van der Waals surface area contributed by atoms with Crippen LogP contribution in [-0.2, 0) is 4.79 Å². The Labute approximate surface area is 96.8 Å². The van der Waals surface area contributed by atoms with Gasteiger partial charge in [0.2, 0.25) is 5.91 Å². The van der Waals surface area contributed by atoms with Crippen LogP contribution in [0.1, 0.15) is 20.8 Å². The summed E-state index contributed by atoms with van der Waals surface area (Å²) in [7, 11) is 0. The summed E-state index contributed by atoms with van der Waals surface area (Å²) in [6.45, 7) is 4.90. The third-order valence-electron chi connectivity index (χ3n) is 1.51. The summed E-state index contributed by atoms with van der Waals surface area (Å²) < 4.78 is 35.5. The van der Waals surface area contributed by atoms with Crippen LogP contribution in [-0.4, -0.2) is 40.3 Å². The van der Waals surface area contributed by atoms with Gasteiger partial charge in [-0.2, -0.15) is 13.2 Å². The van der Waals surface area contributed by atoms with E-state index in [1.165, 1.54) is 11.8 Å². The number of halogens is 3. The van der Waals surface area contributed by atoms with Crippen molar-refractivity contribution in [3.63, 3.8) is 0 Å². The van der Waals surface area contributed by atoms with E-state index in [1.807, 2.05) is 26.1 Å². The second kappa shape index (κ2) is 5.77. The molecule has 0 rings (SSSR count). The van der Waals surface area contributed by atoms with Crippen molar-refractivity contribution in [3.8, 4) is 0 Å². The molecule has 0 saturated carbocycles. The summed E-state index contributed by atoms with van der Waals surface area (Å²) in [5, 5.41) is 10.6. The number of thioether (sulfide) groups is 1. The summed E-state index contributed by atoms with van der Waals surface area (Å²) in [5.74, 6) is -0.433. The van der Waals surface area contributed by atoms with Crippen LogP contribution in [0.3, 0.4) is 0 Å². The van der Waals surface area contributed by atoms with E-state index in [9.17, 15) is 18.0 Å². The number of carbonyl (C=O) groups excluding carboxylic acids is 1. The van der Waals surface area contributed by atoms with Gasteiger partial charge in [0, 0.05) is 4.75 Å². The van der Waals surface area contributed by atoms with E-state index >= 15 is 0 Å². The molecule has 0 fully saturated rings. The van der Waals surface area contributed by atoms with E-state index in [0.717, 1.165) is 0 Å². The predicted octanol–water partition coefficient (Wildman–Crippen LogP) is 1.56. The SMILES string of the molecule is CC(C)(C)SCC(=O)NCC(O)C(F)(F)F. The zero-order valence-corrected chi connectivity index (χ0v) is 10.2. The fraction of sp³-hybridized carbons (Fsp3) is 0.889. The van der Waals surface area contributed by atoms with Gasteiger partial charge in [-0.05, 0) is 0 Å². The lowest BCUT2D eigenvalue weighted by Gasteiger charge is -2.18. The van der Waals surface area contributed by atoms with Gasteiger partial charge < -0.3 is 10.4 Å². The number of aliphatic hydroxyl groups is 1. The maximum Gasteiger partial charge on any atom is 0.416 e. The van der Waals surface area contributed by atoms with Crippen molar-refractivity contribution in [2.24, 2.45) is 0 Å². The summed E-state index contributed by atoms with van der Waals surface area (Å²) in [6, 6.07) is 0. The summed E-state index contributed by atoms with van der Waals surface area (Å²) in [6.07, 6.45) is -7.19. The predicted molar refractivity (Wildman–Crippen MR) is 57.3 cm³/mol. The topological polar surface area (TPSA) is 49.3 Å².